The molecule has 0 aliphatic heterocycles. The van der Waals surface area contributed by atoms with Crippen molar-refractivity contribution in [2.45, 2.75) is 49.0 Å². The Morgan fingerprint density at radius 2 is 1.77 bits per heavy atom. The largest absolute Gasteiger partial charge is 0.306 e. The predicted molar refractivity (Wildman–Crippen MR) is 67.5 cm³/mol. The molecule has 13 heavy (non-hydrogen) atoms. The van der Waals surface area contributed by atoms with Gasteiger partial charge in [-0.2, -0.15) is 0 Å². The van der Waals surface area contributed by atoms with Crippen molar-refractivity contribution < 1.29 is 0 Å². The van der Waals surface area contributed by atoms with Gasteiger partial charge in [-0.3, -0.25) is 0 Å². The highest BCUT2D eigenvalue weighted by Gasteiger charge is 2.25. The van der Waals surface area contributed by atoms with Gasteiger partial charge in [0.2, 0.25) is 0 Å². The van der Waals surface area contributed by atoms with Gasteiger partial charge in [0.05, 0.1) is 0 Å². The lowest BCUT2D eigenvalue weighted by Gasteiger charge is -2.34. The van der Waals surface area contributed by atoms with Crippen LogP contribution >= 0.6 is 22.6 Å². The molecular formula is C11H22IN. The molecule has 1 atom stereocenters. The van der Waals surface area contributed by atoms with Crippen LogP contribution in [0.5, 0.6) is 0 Å². The van der Waals surface area contributed by atoms with Crippen LogP contribution in [0.15, 0.2) is 0 Å². The summed E-state index contributed by atoms with van der Waals surface area (Å²) >= 11 is 2.64. The maximum Gasteiger partial charge on any atom is 0.0135 e. The molecule has 1 aliphatic rings. The van der Waals surface area contributed by atoms with Crippen molar-refractivity contribution in [2.24, 2.45) is 5.92 Å². The molecule has 0 N–H and O–H groups in total. The van der Waals surface area contributed by atoms with Gasteiger partial charge < -0.3 is 4.90 Å². The standard InChI is InChI=1S/C11H22IN/c1-4-11(12)9-5-7-10(8-6-9)13(2)3/h9-11H,4-8H2,1-3H3. The van der Waals surface area contributed by atoms with E-state index in [2.05, 4.69) is 48.5 Å². The Morgan fingerprint density at radius 1 is 1.23 bits per heavy atom. The van der Waals surface area contributed by atoms with E-state index in [9.17, 15) is 0 Å². The van der Waals surface area contributed by atoms with Crippen LogP contribution in [0.4, 0.5) is 0 Å². The van der Waals surface area contributed by atoms with Crippen LogP contribution < -0.4 is 0 Å². The molecular weight excluding hydrogens is 273 g/mol. The van der Waals surface area contributed by atoms with E-state index >= 15 is 0 Å². The maximum absolute atomic E-state index is 2.64. The predicted octanol–water partition coefficient (Wildman–Crippen LogP) is 3.32. The molecule has 0 spiro atoms. The number of hydrogen-bond acceptors (Lipinski definition) is 1. The fourth-order valence-electron chi connectivity index (χ4n) is 2.31. The number of rotatable bonds is 3. The minimum absolute atomic E-state index is 0.858. The molecule has 0 aromatic rings. The lowest BCUT2D eigenvalue weighted by Crippen LogP contribution is -2.33. The smallest absolute Gasteiger partial charge is 0.0135 e. The van der Waals surface area contributed by atoms with Crippen molar-refractivity contribution >= 4 is 22.6 Å². The summed E-state index contributed by atoms with van der Waals surface area (Å²) in [5.74, 6) is 1.00. The van der Waals surface area contributed by atoms with Gasteiger partial charge in [-0.05, 0) is 52.1 Å². The van der Waals surface area contributed by atoms with Gasteiger partial charge in [0.25, 0.3) is 0 Å². The highest BCUT2D eigenvalue weighted by Crippen LogP contribution is 2.33. The molecule has 0 heterocycles. The Labute approximate surface area is 96.4 Å². The summed E-state index contributed by atoms with van der Waals surface area (Å²) in [6, 6.07) is 0.858. The number of alkyl halides is 1. The molecule has 78 valence electrons. The average molecular weight is 295 g/mol. The molecule has 0 saturated heterocycles. The first kappa shape index (κ1) is 11.8. The summed E-state index contributed by atoms with van der Waals surface area (Å²) < 4.78 is 0.917. The summed E-state index contributed by atoms with van der Waals surface area (Å²) in [7, 11) is 4.43. The molecule has 1 rings (SSSR count). The fraction of sp³-hybridized carbons (Fsp3) is 1.00. The van der Waals surface area contributed by atoms with Crippen molar-refractivity contribution in [3.63, 3.8) is 0 Å². The van der Waals surface area contributed by atoms with Crippen LogP contribution in [-0.4, -0.2) is 29.0 Å². The van der Waals surface area contributed by atoms with Crippen molar-refractivity contribution in [2.75, 3.05) is 14.1 Å². The molecule has 0 amide bonds. The van der Waals surface area contributed by atoms with Crippen LogP contribution in [-0.2, 0) is 0 Å². The van der Waals surface area contributed by atoms with Crippen LogP contribution in [0, 0.1) is 5.92 Å². The Hall–Kier alpha value is 0.690. The zero-order valence-electron chi connectivity index (χ0n) is 9.09. The molecule has 0 radical (unpaired) electrons. The van der Waals surface area contributed by atoms with Crippen LogP contribution in [0.3, 0.4) is 0 Å². The Bertz CT molecular complexity index is 139. The molecule has 1 fully saturated rings. The van der Waals surface area contributed by atoms with Gasteiger partial charge in [-0.15, -0.1) is 0 Å². The number of halogens is 1. The molecule has 2 heteroatoms. The molecule has 1 aliphatic carbocycles. The molecule has 1 nitrogen and oxygen atoms in total. The maximum atomic E-state index is 2.64. The van der Waals surface area contributed by atoms with E-state index in [1.165, 1.54) is 32.1 Å². The van der Waals surface area contributed by atoms with Gasteiger partial charge in [0.1, 0.15) is 0 Å². The molecule has 0 bridgehead atoms. The van der Waals surface area contributed by atoms with Crippen molar-refractivity contribution in [1.82, 2.24) is 4.90 Å². The van der Waals surface area contributed by atoms with E-state index < -0.39 is 0 Å². The second-order valence-electron chi connectivity index (χ2n) is 4.46. The van der Waals surface area contributed by atoms with Gasteiger partial charge in [-0.25, -0.2) is 0 Å². The van der Waals surface area contributed by atoms with E-state index in [0.717, 1.165) is 15.9 Å². The number of nitrogens with zero attached hydrogens (tertiary/aromatic N) is 1. The zero-order chi connectivity index (χ0) is 9.84. The quantitative estimate of drug-likeness (QED) is 0.570. The van der Waals surface area contributed by atoms with Gasteiger partial charge in [0, 0.05) is 9.97 Å². The van der Waals surface area contributed by atoms with Crippen LogP contribution in [0.25, 0.3) is 0 Å². The minimum Gasteiger partial charge on any atom is -0.306 e. The summed E-state index contributed by atoms with van der Waals surface area (Å²) in [6.45, 7) is 2.31. The Kier molecular flexibility index (Phi) is 5.01. The van der Waals surface area contributed by atoms with E-state index in [0.29, 0.717) is 0 Å². The third-order valence-corrected chi connectivity index (χ3v) is 5.27. The third-order valence-electron chi connectivity index (χ3n) is 3.37. The number of hydrogen-bond donors (Lipinski definition) is 0. The summed E-state index contributed by atoms with van der Waals surface area (Å²) in [5.41, 5.74) is 0. The zero-order valence-corrected chi connectivity index (χ0v) is 11.3. The second-order valence-corrected chi connectivity index (χ2v) is 6.06. The monoisotopic (exact) mass is 295 g/mol. The summed E-state index contributed by atoms with van der Waals surface area (Å²) in [4.78, 5) is 2.39. The van der Waals surface area contributed by atoms with E-state index in [-0.39, 0.29) is 0 Å². The molecule has 1 unspecified atom stereocenters. The first-order valence-corrected chi connectivity index (χ1v) is 6.70. The van der Waals surface area contributed by atoms with Crippen molar-refractivity contribution in [1.29, 1.82) is 0 Å². The van der Waals surface area contributed by atoms with E-state index in [1.54, 1.807) is 0 Å². The lowest BCUT2D eigenvalue weighted by molar-refractivity contribution is 0.193. The van der Waals surface area contributed by atoms with Crippen molar-refractivity contribution in [3.05, 3.63) is 0 Å². The van der Waals surface area contributed by atoms with Crippen LogP contribution in [0.1, 0.15) is 39.0 Å². The first-order valence-electron chi connectivity index (χ1n) is 5.45. The molecule has 1 saturated carbocycles. The van der Waals surface area contributed by atoms with Gasteiger partial charge in [-0.1, -0.05) is 29.5 Å². The van der Waals surface area contributed by atoms with Gasteiger partial charge >= 0.3 is 0 Å². The minimum atomic E-state index is 0.858. The lowest BCUT2D eigenvalue weighted by atomic mass is 9.83. The van der Waals surface area contributed by atoms with Crippen LogP contribution in [0.2, 0.25) is 0 Å². The SMILES string of the molecule is CCC(I)C1CCC(N(C)C)CC1. The van der Waals surface area contributed by atoms with Crippen molar-refractivity contribution in [3.8, 4) is 0 Å². The topological polar surface area (TPSA) is 3.24 Å². The third kappa shape index (κ3) is 3.39. The molecule has 0 aromatic carbocycles. The second kappa shape index (κ2) is 5.54. The Morgan fingerprint density at radius 3 is 2.15 bits per heavy atom. The highest BCUT2D eigenvalue weighted by molar-refractivity contribution is 14.1. The average Bonchev–Trinajstić information content (AvgIpc) is 2.17. The summed E-state index contributed by atoms with van der Waals surface area (Å²) in [5, 5.41) is 0. The van der Waals surface area contributed by atoms with Gasteiger partial charge in [0.15, 0.2) is 0 Å². The first-order chi connectivity index (χ1) is 6.15. The normalized spacial score (nSPS) is 32.1. The highest BCUT2D eigenvalue weighted by atomic mass is 127. The Balaban J connectivity index is 2.30. The molecule has 0 aromatic heterocycles. The van der Waals surface area contributed by atoms with E-state index in [1.807, 2.05) is 0 Å². The summed E-state index contributed by atoms with van der Waals surface area (Å²) in [6.07, 6.45) is 7.07. The fourth-order valence-corrected chi connectivity index (χ4v) is 3.03. The van der Waals surface area contributed by atoms with E-state index in [4.69, 9.17) is 0 Å².